The van der Waals surface area contributed by atoms with Crippen LogP contribution in [0, 0.1) is 11.8 Å². The summed E-state index contributed by atoms with van der Waals surface area (Å²) in [5, 5.41) is 3.15. The molecule has 1 amide bonds. The maximum Gasteiger partial charge on any atom is 0.271 e. The molecule has 86 valence electrons. The van der Waals surface area contributed by atoms with Crippen molar-refractivity contribution >= 4 is 23.3 Å². The molecule has 1 aliphatic rings. The molecule has 5 heteroatoms. The number of hydrogen-bond acceptors (Lipinski definition) is 3. The smallest absolute Gasteiger partial charge is 0.271 e. The summed E-state index contributed by atoms with van der Waals surface area (Å²) in [7, 11) is 0. The van der Waals surface area contributed by atoms with E-state index in [1.807, 2.05) is 0 Å². The van der Waals surface area contributed by atoms with E-state index < -0.39 is 0 Å². The van der Waals surface area contributed by atoms with E-state index in [9.17, 15) is 4.79 Å². The fourth-order valence-electron chi connectivity index (χ4n) is 1.61. The summed E-state index contributed by atoms with van der Waals surface area (Å²) < 4.78 is 0. The Bertz CT molecular complexity index is 422. The number of carbonyl (C=O) groups is 1. The van der Waals surface area contributed by atoms with Crippen LogP contribution >= 0.6 is 11.6 Å². The molecule has 1 aromatic heterocycles. The van der Waals surface area contributed by atoms with Gasteiger partial charge in [0.2, 0.25) is 0 Å². The van der Waals surface area contributed by atoms with Crippen LogP contribution in [0.4, 0.5) is 5.82 Å². The van der Waals surface area contributed by atoms with Crippen LogP contribution in [0.15, 0.2) is 12.1 Å². The molecule has 0 aliphatic heterocycles. The summed E-state index contributed by atoms with van der Waals surface area (Å²) in [5.41, 5.74) is 5.71. The summed E-state index contributed by atoms with van der Waals surface area (Å²) in [6, 6.07) is 3.15. The summed E-state index contributed by atoms with van der Waals surface area (Å²) >= 11 is 5.87. The normalized spacial score (nSPS) is 22.9. The number of nitrogens with zero attached hydrogens (tertiary/aromatic N) is 1. The lowest BCUT2D eigenvalue weighted by atomic mass is 10.3. The first-order chi connectivity index (χ1) is 7.58. The lowest BCUT2D eigenvalue weighted by Crippen LogP contribution is -2.27. The summed E-state index contributed by atoms with van der Waals surface area (Å²) in [4.78, 5) is 15.7. The predicted octanol–water partition coefficient (Wildman–Crippen LogP) is 1.70. The number of nitrogen functional groups attached to an aromatic ring is 1. The van der Waals surface area contributed by atoms with Gasteiger partial charge in [0.1, 0.15) is 11.5 Å². The topological polar surface area (TPSA) is 68.0 Å². The zero-order valence-electron chi connectivity index (χ0n) is 9.03. The number of anilines is 1. The molecule has 1 aromatic rings. The van der Waals surface area contributed by atoms with Crippen LogP contribution in [-0.2, 0) is 0 Å². The monoisotopic (exact) mass is 239 g/mol. The Hall–Kier alpha value is -1.29. The molecule has 4 nitrogen and oxygen atoms in total. The van der Waals surface area contributed by atoms with Gasteiger partial charge in [-0.1, -0.05) is 18.5 Å². The molecule has 1 heterocycles. The fourth-order valence-corrected chi connectivity index (χ4v) is 1.80. The third kappa shape index (κ3) is 2.44. The van der Waals surface area contributed by atoms with E-state index in [0.29, 0.717) is 29.2 Å². The Balaban J connectivity index is 1.99. The zero-order valence-corrected chi connectivity index (χ0v) is 9.79. The quantitative estimate of drug-likeness (QED) is 0.844. The molecule has 0 spiro atoms. The van der Waals surface area contributed by atoms with Crippen LogP contribution in [0.1, 0.15) is 23.8 Å². The van der Waals surface area contributed by atoms with Crippen molar-refractivity contribution in [2.45, 2.75) is 13.3 Å². The highest BCUT2D eigenvalue weighted by Gasteiger charge is 2.32. The van der Waals surface area contributed by atoms with Crippen molar-refractivity contribution in [3.05, 3.63) is 22.8 Å². The number of carbonyl (C=O) groups excluding carboxylic acids is 1. The Labute approximate surface area is 99.2 Å². The first kappa shape index (κ1) is 11.2. The van der Waals surface area contributed by atoms with E-state index in [1.54, 1.807) is 12.1 Å². The molecule has 2 unspecified atom stereocenters. The van der Waals surface area contributed by atoms with Gasteiger partial charge in [-0.2, -0.15) is 0 Å². The van der Waals surface area contributed by atoms with Crippen LogP contribution in [0.25, 0.3) is 0 Å². The number of nitrogens with two attached hydrogens (primary N) is 1. The molecule has 0 bridgehead atoms. The van der Waals surface area contributed by atoms with Crippen molar-refractivity contribution < 1.29 is 4.79 Å². The number of rotatable bonds is 3. The van der Waals surface area contributed by atoms with Gasteiger partial charge in [-0.25, -0.2) is 4.98 Å². The fraction of sp³-hybridized carbons (Fsp3) is 0.455. The number of halogens is 1. The third-order valence-electron chi connectivity index (χ3n) is 2.88. The molecule has 2 rings (SSSR count). The van der Waals surface area contributed by atoms with Crippen LogP contribution in [0.5, 0.6) is 0 Å². The largest absolute Gasteiger partial charge is 0.384 e. The number of aromatic nitrogens is 1. The highest BCUT2D eigenvalue weighted by molar-refractivity contribution is 6.33. The lowest BCUT2D eigenvalue weighted by Gasteiger charge is -2.05. The van der Waals surface area contributed by atoms with Crippen molar-refractivity contribution in [3.63, 3.8) is 0 Å². The summed E-state index contributed by atoms with van der Waals surface area (Å²) in [6.45, 7) is 2.86. The van der Waals surface area contributed by atoms with Crippen molar-refractivity contribution in [3.8, 4) is 0 Å². The van der Waals surface area contributed by atoms with Gasteiger partial charge in [0.25, 0.3) is 5.91 Å². The van der Waals surface area contributed by atoms with Crippen LogP contribution < -0.4 is 11.1 Å². The highest BCUT2D eigenvalue weighted by Crippen LogP contribution is 2.36. The van der Waals surface area contributed by atoms with Crippen LogP contribution in [0.2, 0.25) is 5.02 Å². The van der Waals surface area contributed by atoms with Gasteiger partial charge >= 0.3 is 0 Å². The Morgan fingerprint density at radius 3 is 3.00 bits per heavy atom. The Morgan fingerprint density at radius 2 is 2.38 bits per heavy atom. The second-order valence-corrected chi connectivity index (χ2v) is 4.66. The van der Waals surface area contributed by atoms with Gasteiger partial charge in [0.15, 0.2) is 0 Å². The molecule has 1 saturated carbocycles. The minimum Gasteiger partial charge on any atom is -0.384 e. The van der Waals surface area contributed by atoms with Gasteiger partial charge in [0, 0.05) is 6.54 Å². The van der Waals surface area contributed by atoms with Gasteiger partial charge in [0.05, 0.1) is 5.02 Å². The van der Waals surface area contributed by atoms with E-state index in [4.69, 9.17) is 17.3 Å². The predicted molar refractivity (Wildman–Crippen MR) is 63.3 cm³/mol. The highest BCUT2D eigenvalue weighted by atomic mass is 35.5. The van der Waals surface area contributed by atoms with Crippen LogP contribution in [-0.4, -0.2) is 17.4 Å². The molecule has 3 N–H and O–H groups in total. The Kier molecular flexibility index (Phi) is 3.01. The number of hydrogen-bond donors (Lipinski definition) is 2. The maximum absolute atomic E-state index is 11.7. The average molecular weight is 240 g/mol. The molecule has 1 aliphatic carbocycles. The summed E-state index contributed by atoms with van der Waals surface area (Å²) in [5.74, 6) is 1.36. The van der Waals surface area contributed by atoms with Gasteiger partial charge < -0.3 is 11.1 Å². The number of pyridine rings is 1. The van der Waals surface area contributed by atoms with E-state index in [1.165, 1.54) is 6.42 Å². The van der Waals surface area contributed by atoms with Gasteiger partial charge in [-0.15, -0.1) is 0 Å². The van der Waals surface area contributed by atoms with Crippen LogP contribution in [0.3, 0.4) is 0 Å². The van der Waals surface area contributed by atoms with E-state index in [-0.39, 0.29) is 11.6 Å². The molecule has 2 atom stereocenters. The molecule has 1 fully saturated rings. The first-order valence-electron chi connectivity index (χ1n) is 5.28. The van der Waals surface area contributed by atoms with Crippen molar-refractivity contribution in [1.82, 2.24) is 10.3 Å². The number of amides is 1. The standard InChI is InChI=1S/C11H14ClN3O/c1-6-4-7(6)5-14-11(16)10-8(12)2-3-9(13)15-10/h2-3,6-7H,4-5H2,1H3,(H2,13,15)(H,14,16). The minimum atomic E-state index is -0.253. The van der Waals surface area contributed by atoms with E-state index in [0.717, 1.165) is 0 Å². The average Bonchev–Trinajstić information content (AvgIpc) is 2.95. The minimum absolute atomic E-state index is 0.204. The van der Waals surface area contributed by atoms with E-state index >= 15 is 0 Å². The maximum atomic E-state index is 11.7. The van der Waals surface area contributed by atoms with Crippen molar-refractivity contribution in [2.24, 2.45) is 11.8 Å². The molecule has 0 saturated heterocycles. The molecule has 0 aromatic carbocycles. The summed E-state index contributed by atoms with van der Waals surface area (Å²) in [6.07, 6.45) is 1.18. The second kappa shape index (κ2) is 4.29. The van der Waals surface area contributed by atoms with Crippen molar-refractivity contribution in [2.75, 3.05) is 12.3 Å². The molecular weight excluding hydrogens is 226 g/mol. The Morgan fingerprint density at radius 1 is 1.69 bits per heavy atom. The second-order valence-electron chi connectivity index (χ2n) is 4.25. The zero-order chi connectivity index (χ0) is 11.7. The van der Waals surface area contributed by atoms with Gasteiger partial charge in [-0.3, -0.25) is 4.79 Å². The van der Waals surface area contributed by atoms with E-state index in [2.05, 4.69) is 17.2 Å². The first-order valence-corrected chi connectivity index (χ1v) is 5.66. The SMILES string of the molecule is CC1CC1CNC(=O)c1nc(N)ccc1Cl. The molecular formula is C11H14ClN3O. The lowest BCUT2D eigenvalue weighted by molar-refractivity contribution is 0.0946. The number of nitrogens with one attached hydrogen (secondary N) is 1. The van der Waals surface area contributed by atoms with Crippen molar-refractivity contribution in [1.29, 1.82) is 0 Å². The van der Waals surface area contributed by atoms with Gasteiger partial charge in [-0.05, 0) is 30.4 Å². The molecule has 16 heavy (non-hydrogen) atoms. The molecule has 0 radical (unpaired) electrons. The third-order valence-corrected chi connectivity index (χ3v) is 3.19.